The summed E-state index contributed by atoms with van der Waals surface area (Å²) >= 11 is 0. The van der Waals surface area contributed by atoms with Gasteiger partial charge in [0.05, 0.1) is 5.41 Å². The number of unbranched alkanes of at least 4 members (excludes halogenated alkanes) is 3. The lowest BCUT2D eigenvalue weighted by Crippen LogP contribution is -2.32. The van der Waals surface area contributed by atoms with Crippen LogP contribution in [0.3, 0.4) is 0 Å². The molecule has 0 aliphatic heterocycles. The summed E-state index contributed by atoms with van der Waals surface area (Å²) in [4.78, 5) is 12.4. The Morgan fingerprint density at radius 1 is 1.00 bits per heavy atom. The summed E-state index contributed by atoms with van der Waals surface area (Å²) in [5, 5.41) is 7.63. The van der Waals surface area contributed by atoms with Gasteiger partial charge in [0.25, 0.3) is 0 Å². The molecule has 0 unspecified atom stereocenters. The number of Topliss-reactive ketones (excluding diaryl/α,β-unsaturated/α-hetero) is 1. The molecule has 29 heavy (non-hydrogen) atoms. The summed E-state index contributed by atoms with van der Waals surface area (Å²) in [5.41, 5.74) is 7.33. The molecule has 4 nitrogen and oxygen atoms in total. The van der Waals surface area contributed by atoms with Gasteiger partial charge in [-0.3, -0.25) is 10.2 Å². The lowest BCUT2D eigenvalue weighted by Gasteiger charge is -2.21. The van der Waals surface area contributed by atoms with Gasteiger partial charge in [-0.2, -0.15) is 0 Å². The number of rotatable bonds is 13. The molecule has 1 aromatic carbocycles. The van der Waals surface area contributed by atoms with E-state index in [2.05, 4.69) is 24.3 Å². The molecule has 1 aromatic rings. The molecule has 0 atom stereocenters. The van der Waals surface area contributed by atoms with Crippen LogP contribution in [0.25, 0.3) is 0 Å². The molecule has 2 aliphatic rings. The minimum absolute atomic E-state index is 0.0403. The van der Waals surface area contributed by atoms with E-state index in [0.717, 1.165) is 44.0 Å². The third-order valence-electron chi connectivity index (χ3n) is 6.77. The van der Waals surface area contributed by atoms with Gasteiger partial charge >= 0.3 is 0 Å². The van der Waals surface area contributed by atoms with E-state index in [1.54, 1.807) is 0 Å². The predicted molar refractivity (Wildman–Crippen MR) is 118 cm³/mol. The van der Waals surface area contributed by atoms with Gasteiger partial charge in [0.15, 0.2) is 5.78 Å². The molecule has 2 fully saturated rings. The lowest BCUT2D eigenvalue weighted by atomic mass is 9.90. The van der Waals surface area contributed by atoms with Crippen LogP contribution in [0.15, 0.2) is 24.3 Å². The van der Waals surface area contributed by atoms with Gasteiger partial charge < -0.3 is 10.5 Å². The molecule has 2 aliphatic carbocycles. The molecule has 2 saturated carbocycles. The molecule has 0 bridgehead atoms. The highest BCUT2D eigenvalue weighted by atomic mass is 16.5. The summed E-state index contributed by atoms with van der Waals surface area (Å²) in [6.45, 7) is 1.89. The lowest BCUT2D eigenvalue weighted by molar-refractivity contribution is -0.121. The fourth-order valence-corrected chi connectivity index (χ4v) is 4.49. The van der Waals surface area contributed by atoms with Crippen molar-refractivity contribution in [3.8, 4) is 0 Å². The van der Waals surface area contributed by atoms with E-state index in [4.69, 9.17) is 15.9 Å². The highest BCUT2D eigenvalue weighted by Gasteiger charge is 2.52. The minimum atomic E-state index is -0.640. The fraction of sp³-hybridized carbons (Fsp3) is 0.680. The van der Waals surface area contributed by atoms with Crippen molar-refractivity contribution >= 4 is 11.6 Å². The van der Waals surface area contributed by atoms with Crippen LogP contribution in [0.2, 0.25) is 0 Å². The number of benzene rings is 1. The Hall–Kier alpha value is -1.68. The largest absolute Gasteiger partial charge is 0.387 e. The van der Waals surface area contributed by atoms with Crippen molar-refractivity contribution in [2.45, 2.75) is 83.5 Å². The Kier molecular flexibility index (Phi) is 8.29. The molecule has 0 spiro atoms. The van der Waals surface area contributed by atoms with Crippen LogP contribution in [0.4, 0.5) is 0 Å². The Morgan fingerprint density at radius 2 is 1.66 bits per heavy atom. The standard InChI is InChI=1S/C25H38N2O2/c26-24(27)25(15-16-25)23(28)18-21-13-11-20(12-14-21)8-4-1-2-7-17-29-19-22-9-5-3-6-10-22/h11-14,22H,1-10,15-19H2,(H3,26,27). The van der Waals surface area contributed by atoms with Crippen LogP contribution < -0.4 is 5.73 Å². The van der Waals surface area contributed by atoms with Gasteiger partial charge in [-0.25, -0.2) is 0 Å². The summed E-state index contributed by atoms with van der Waals surface area (Å²) in [6.07, 6.45) is 14.8. The first-order valence-electron chi connectivity index (χ1n) is 11.6. The van der Waals surface area contributed by atoms with Crippen LogP contribution in [-0.4, -0.2) is 24.8 Å². The van der Waals surface area contributed by atoms with Crippen molar-refractivity contribution in [2.75, 3.05) is 13.2 Å². The van der Waals surface area contributed by atoms with Crippen LogP contribution in [0.5, 0.6) is 0 Å². The van der Waals surface area contributed by atoms with Crippen molar-refractivity contribution in [1.82, 2.24) is 0 Å². The maximum Gasteiger partial charge on any atom is 0.150 e. The Bertz CT molecular complexity index is 658. The number of carbonyl (C=O) groups is 1. The van der Waals surface area contributed by atoms with E-state index in [-0.39, 0.29) is 11.6 Å². The zero-order valence-electron chi connectivity index (χ0n) is 17.9. The molecule has 0 heterocycles. The molecule has 0 radical (unpaired) electrons. The van der Waals surface area contributed by atoms with Gasteiger partial charge in [-0.05, 0) is 62.0 Å². The summed E-state index contributed by atoms with van der Waals surface area (Å²) in [5.74, 6) is 0.959. The van der Waals surface area contributed by atoms with Gasteiger partial charge in [0.2, 0.25) is 0 Å². The molecule has 160 valence electrons. The van der Waals surface area contributed by atoms with Crippen LogP contribution >= 0.6 is 0 Å². The fourth-order valence-electron chi connectivity index (χ4n) is 4.49. The third kappa shape index (κ3) is 6.67. The monoisotopic (exact) mass is 398 g/mol. The van der Waals surface area contributed by atoms with Crippen molar-refractivity contribution in [2.24, 2.45) is 17.1 Å². The minimum Gasteiger partial charge on any atom is -0.387 e. The van der Waals surface area contributed by atoms with Gasteiger partial charge in [0.1, 0.15) is 5.84 Å². The van der Waals surface area contributed by atoms with Gasteiger partial charge in [-0.15, -0.1) is 0 Å². The SMILES string of the molecule is N=C(N)C1(C(=O)Cc2ccc(CCCCCCOCC3CCCCC3)cc2)CC1. The number of ketones is 1. The molecule has 3 N–H and O–H groups in total. The summed E-state index contributed by atoms with van der Waals surface area (Å²) in [7, 11) is 0. The second-order valence-electron chi connectivity index (χ2n) is 9.16. The molecule has 0 aromatic heterocycles. The number of nitrogens with two attached hydrogens (primary N) is 1. The van der Waals surface area contributed by atoms with E-state index < -0.39 is 5.41 Å². The maximum atomic E-state index is 12.4. The zero-order valence-corrected chi connectivity index (χ0v) is 17.9. The molecule has 4 heteroatoms. The first-order valence-corrected chi connectivity index (χ1v) is 11.6. The number of ether oxygens (including phenoxy) is 1. The normalized spacial score (nSPS) is 18.5. The first-order chi connectivity index (χ1) is 14.1. The molecular weight excluding hydrogens is 360 g/mol. The van der Waals surface area contributed by atoms with Crippen molar-refractivity contribution in [1.29, 1.82) is 5.41 Å². The van der Waals surface area contributed by atoms with Crippen LogP contribution in [0, 0.1) is 16.7 Å². The Morgan fingerprint density at radius 3 is 2.31 bits per heavy atom. The third-order valence-corrected chi connectivity index (χ3v) is 6.77. The summed E-state index contributed by atoms with van der Waals surface area (Å²) in [6, 6.07) is 8.40. The van der Waals surface area contributed by atoms with E-state index in [1.807, 2.05) is 0 Å². The highest BCUT2D eigenvalue weighted by molar-refractivity contribution is 6.09. The average molecular weight is 399 g/mol. The number of carbonyl (C=O) groups excluding carboxylic acids is 1. The van der Waals surface area contributed by atoms with Gasteiger partial charge in [0, 0.05) is 19.6 Å². The summed E-state index contributed by atoms with van der Waals surface area (Å²) < 4.78 is 5.88. The number of amidine groups is 1. The zero-order chi connectivity index (χ0) is 20.5. The van der Waals surface area contributed by atoms with Crippen LogP contribution in [-0.2, 0) is 22.4 Å². The van der Waals surface area contributed by atoms with E-state index in [1.165, 1.54) is 63.4 Å². The average Bonchev–Trinajstić information content (AvgIpc) is 3.54. The van der Waals surface area contributed by atoms with E-state index in [0.29, 0.717) is 6.42 Å². The van der Waals surface area contributed by atoms with Crippen molar-refractivity contribution in [3.05, 3.63) is 35.4 Å². The van der Waals surface area contributed by atoms with Gasteiger partial charge in [-0.1, -0.05) is 56.4 Å². The quantitative estimate of drug-likeness (QED) is 0.272. The van der Waals surface area contributed by atoms with Crippen molar-refractivity contribution in [3.63, 3.8) is 0 Å². The predicted octanol–water partition coefficient (Wildman–Crippen LogP) is 5.21. The second-order valence-corrected chi connectivity index (χ2v) is 9.16. The van der Waals surface area contributed by atoms with Crippen molar-refractivity contribution < 1.29 is 9.53 Å². The van der Waals surface area contributed by atoms with E-state index >= 15 is 0 Å². The van der Waals surface area contributed by atoms with Crippen LogP contribution in [0.1, 0.15) is 81.8 Å². The highest BCUT2D eigenvalue weighted by Crippen LogP contribution is 2.47. The number of aryl methyl sites for hydroxylation is 1. The Labute approximate surface area is 176 Å². The smallest absolute Gasteiger partial charge is 0.150 e. The molecule has 0 amide bonds. The molecule has 0 saturated heterocycles. The number of nitrogens with one attached hydrogen (secondary N) is 1. The molecular formula is C25H38N2O2. The Balaban J connectivity index is 1.24. The second kappa shape index (κ2) is 10.9. The maximum absolute atomic E-state index is 12.4. The topological polar surface area (TPSA) is 76.2 Å². The van der Waals surface area contributed by atoms with E-state index in [9.17, 15) is 4.79 Å². The number of hydrogen-bond donors (Lipinski definition) is 2. The molecule has 3 rings (SSSR count). The number of hydrogen-bond acceptors (Lipinski definition) is 3. The first kappa shape index (κ1) is 22.0.